The van der Waals surface area contributed by atoms with Gasteiger partial charge in [0.25, 0.3) is 0 Å². The molecule has 0 aromatic heterocycles. The van der Waals surface area contributed by atoms with Crippen molar-refractivity contribution in [3.8, 4) is 0 Å². The maximum atomic E-state index is 6.14. The Morgan fingerprint density at radius 1 is 1.19 bits per heavy atom. The molecule has 16 heavy (non-hydrogen) atoms. The number of ether oxygens (including phenoxy) is 2. The maximum absolute atomic E-state index is 6.14. The molecule has 2 nitrogen and oxygen atoms in total. The average molecular weight is 220 g/mol. The third kappa shape index (κ3) is 2.28. The van der Waals surface area contributed by atoms with Crippen molar-refractivity contribution in [3.63, 3.8) is 0 Å². The predicted octanol–water partition coefficient (Wildman–Crippen LogP) is 3.68. The zero-order valence-electron chi connectivity index (χ0n) is 10.1. The van der Waals surface area contributed by atoms with Gasteiger partial charge < -0.3 is 9.47 Å². The van der Waals surface area contributed by atoms with Crippen LogP contribution in [0.3, 0.4) is 0 Å². The van der Waals surface area contributed by atoms with E-state index in [-0.39, 0.29) is 11.9 Å². The molecule has 1 atom stereocenters. The summed E-state index contributed by atoms with van der Waals surface area (Å²) >= 11 is 0. The van der Waals surface area contributed by atoms with E-state index in [0.29, 0.717) is 0 Å². The van der Waals surface area contributed by atoms with Crippen LogP contribution in [0.1, 0.15) is 44.8 Å². The van der Waals surface area contributed by atoms with E-state index < -0.39 is 0 Å². The second kappa shape index (κ2) is 4.98. The minimum atomic E-state index is -0.362. The molecule has 0 spiro atoms. The van der Waals surface area contributed by atoms with Gasteiger partial charge in [-0.05, 0) is 18.4 Å². The van der Waals surface area contributed by atoms with Crippen molar-refractivity contribution in [2.24, 2.45) is 0 Å². The largest absolute Gasteiger partial charge is 0.350 e. The van der Waals surface area contributed by atoms with Gasteiger partial charge in [0, 0.05) is 6.42 Å². The average Bonchev–Trinajstić information content (AvgIpc) is 2.40. The lowest BCUT2D eigenvalue weighted by molar-refractivity contribution is -0.298. The topological polar surface area (TPSA) is 18.5 Å². The molecule has 88 valence electrons. The molecule has 0 amide bonds. The van der Waals surface area contributed by atoms with Crippen LogP contribution in [0.15, 0.2) is 30.3 Å². The van der Waals surface area contributed by atoms with Crippen LogP contribution in [0.25, 0.3) is 0 Å². The van der Waals surface area contributed by atoms with Crippen LogP contribution in [0, 0.1) is 0 Å². The molecule has 2 rings (SSSR count). The Bertz CT molecular complexity index is 317. The lowest BCUT2D eigenvalue weighted by atomic mass is 10.0. The fourth-order valence-electron chi connectivity index (χ4n) is 2.23. The molecule has 1 aliphatic rings. The molecular formula is C14H20O2. The van der Waals surface area contributed by atoms with Crippen molar-refractivity contribution >= 4 is 0 Å². The molecule has 1 aliphatic heterocycles. The van der Waals surface area contributed by atoms with E-state index in [1.807, 2.05) is 6.07 Å². The van der Waals surface area contributed by atoms with E-state index in [4.69, 9.17) is 9.47 Å². The van der Waals surface area contributed by atoms with Gasteiger partial charge in [0.05, 0.1) is 12.7 Å². The maximum Gasteiger partial charge on any atom is 0.168 e. The molecule has 0 saturated carbocycles. The standard InChI is InChI=1S/C14H20O2/c1-3-14(4-2)15-11-10-13(16-14)12-8-6-5-7-9-12/h5-9,13H,3-4,10-11H2,1-2H3. The van der Waals surface area contributed by atoms with Crippen molar-refractivity contribution in [2.45, 2.75) is 45.0 Å². The molecule has 1 fully saturated rings. The Morgan fingerprint density at radius 2 is 1.88 bits per heavy atom. The van der Waals surface area contributed by atoms with Gasteiger partial charge in [-0.15, -0.1) is 0 Å². The fourth-order valence-corrected chi connectivity index (χ4v) is 2.23. The number of benzene rings is 1. The van der Waals surface area contributed by atoms with Crippen LogP contribution >= 0.6 is 0 Å². The second-order valence-electron chi connectivity index (χ2n) is 4.27. The lowest BCUT2D eigenvalue weighted by Gasteiger charge is -2.40. The summed E-state index contributed by atoms with van der Waals surface area (Å²) in [6.45, 7) is 5.04. The molecular weight excluding hydrogens is 200 g/mol. The third-order valence-corrected chi connectivity index (χ3v) is 3.35. The van der Waals surface area contributed by atoms with Gasteiger partial charge in [-0.2, -0.15) is 0 Å². The number of rotatable bonds is 3. The molecule has 0 bridgehead atoms. The highest BCUT2D eigenvalue weighted by Crippen LogP contribution is 2.36. The summed E-state index contributed by atoms with van der Waals surface area (Å²) < 4.78 is 11.9. The molecule has 1 aromatic rings. The smallest absolute Gasteiger partial charge is 0.168 e. The minimum Gasteiger partial charge on any atom is -0.350 e. The molecule has 0 N–H and O–H groups in total. The minimum absolute atomic E-state index is 0.190. The summed E-state index contributed by atoms with van der Waals surface area (Å²) in [6, 6.07) is 10.4. The van der Waals surface area contributed by atoms with Crippen molar-refractivity contribution in [1.29, 1.82) is 0 Å². The van der Waals surface area contributed by atoms with Crippen LogP contribution in [0.2, 0.25) is 0 Å². The number of hydrogen-bond acceptors (Lipinski definition) is 2. The monoisotopic (exact) mass is 220 g/mol. The Labute approximate surface area is 97.6 Å². The SMILES string of the molecule is CCC1(CC)OCCC(c2ccccc2)O1. The van der Waals surface area contributed by atoms with Crippen LogP contribution in [0.4, 0.5) is 0 Å². The van der Waals surface area contributed by atoms with E-state index in [1.54, 1.807) is 0 Å². The summed E-state index contributed by atoms with van der Waals surface area (Å²) in [6.07, 6.45) is 2.96. The van der Waals surface area contributed by atoms with Gasteiger partial charge in [-0.1, -0.05) is 44.2 Å². The highest BCUT2D eigenvalue weighted by atomic mass is 16.7. The molecule has 1 heterocycles. The Kier molecular flexibility index (Phi) is 3.62. The van der Waals surface area contributed by atoms with Crippen LogP contribution in [0.5, 0.6) is 0 Å². The van der Waals surface area contributed by atoms with Gasteiger partial charge >= 0.3 is 0 Å². The van der Waals surface area contributed by atoms with Gasteiger partial charge in [-0.25, -0.2) is 0 Å². The zero-order valence-corrected chi connectivity index (χ0v) is 10.1. The zero-order chi connectivity index (χ0) is 11.4. The molecule has 2 heteroatoms. The van der Waals surface area contributed by atoms with E-state index in [9.17, 15) is 0 Å². The highest BCUT2D eigenvalue weighted by Gasteiger charge is 2.35. The lowest BCUT2D eigenvalue weighted by Crippen LogP contribution is -2.40. The van der Waals surface area contributed by atoms with Gasteiger partial charge in [0.15, 0.2) is 5.79 Å². The first kappa shape index (κ1) is 11.6. The Morgan fingerprint density at radius 3 is 2.50 bits per heavy atom. The van der Waals surface area contributed by atoms with E-state index in [2.05, 4.69) is 38.1 Å². The van der Waals surface area contributed by atoms with E-state index >= 15 is 0 Å². The van der Waals surface area contributed by atoms with E-state index in [1.165, 1.54) is 5.56 Å². The predicted molar refractivity (Wildman–Crippen MR) is 64.2 cm³/mol. The summed E-state index contributed by atoms with van der Waals surface area (Å²) in [4.78, 5) is 0. The summed E-state index contributed by atoms with van der Waals surface area (Å²) in [7, 11) is 0. The van der Waals surface area contributed by atoms with Crippen molar-refractivity contribution in [2.75, 3.05) is 6.61 Å². The Balaban J connectivity index is 2.13. The van der Waals surface area contributed by atoms with Gasteiger partial charge in [0.1, 0.15) is 0 Å². The third-order valence-electron chi connectivity index (χ3n) is 3.35. The first-order chi connectivity index (χ1) is 7.79. The first-order valence-electron chi connectivity index (χ1n) is 6.16. The molecule has 1 saturated heterocycles. The summed E-state index contributed by atoms with van der Waals surface area (Å²) in [5.41, 5.74) is 1.26. The second-order valence-corrected chi connectivity index (χ2v) is 4.27. The normalized spacial score (nSPS) is 24.2. The Hall–Kier alpha value is -0.860. The van der Waals surface area contributed by atoms with Crippen molar-refractivity contribution in [3.05, 3.63) is 35.9 Å². The molecule has 0 radical (unpaired) electrons. The van der Waals surface area contributed by atoms with Crippen molar-refractivity contribution in [1.82, 2.24) is 0 Å². The summed E-state index contributed by atoms with van der Waals surface area (Å²) in [5, 5.41) is 0. The molecule has 1 unspecified atom stereocenters. The van der Waals surface area contributed by atoms with Crippen molar-refractivity contribution < 1.29 is 9.47 Å². The fraction of sp³-hybridized carbons (Fsp3) is 0.571. The van der Waals surface area contributed by atoms with Crippen LogP contribution < -0.4 is 0 Å². The quantitative estimate of drug-likeness (QED) is 0.773. The molecule has 0 aliphatic carbocycles. The van der Waals surface area contributed by atoms with Crippen LogP contribution in [-0.4, -0.2) is 12.4 Å². The number of hydrogen-bond donors (Lipinski definition) is 0. The van der Waals surface area contributed by atoms with Gasteiger partial charge in [-0.3, -0.25) is 0 Å². The van der Waals surface area contributed by atoms with E-state index in [0.717, 1.165) is 25.9 Å². The van der Waals surface area contributed by atoms with Crippen LogP contribution in [-0.2, 0) is 9.47 Å². The molecule has 1 aromatic carbocycles. The first-order valence-corrected chi connectivity index (χ1v) is 6.16. The van der Waals surface area contributed by atoms with Gasteiger partial charge in [0.2, 0.25) is 0 Å². The summed E-state index contributed by atoms with van der Waals surface area (Å²) in [5.74, 6) is -0.362. The highest BCUT2D eigenvalue weighted by molar-refractivity contribution is 5.18.